The lowest BCUT2D eigenvalue weighted by Crippen LogP contribution is -2.64. The molecule has 0 spiro atoms. The summed E-state index contributed by atoms with van der Waals surface area (Å²) in [5.41, 5.74) is -0.848. The van der Waals surface area contributed by atoms with E-state index in [1.807, 2.05) is 6.92 Å². The molecule has 0 amide bonds. The third-order valence-corrected chi connectivity index (χ3v) is 9.36. The zero-order valence-corrected chi connectivity index (χ0v) is 18.7. The van der Waals surface area contributed by atoms with Crippen LogP contribution in [-0.4, -0.2) is 34.9 Å². The molecular formula is C24H38O5. The van der Waals surface area contributed by atoms with Gasteiger partial charge in [0.25, 0.3) is 0 Å². The van der Waals surface area contributed by atoms with Crippen LogP contribution in [0.5, 0.6) is 0 Å². The van der Waals surface area contributed by atoms with Gasteiger partial charge in [0.05, 0.1) is 5.60 Å². The Kier molecular flexibility index (Phi) is 5.08. The van der Waals surface area contributed by atoms with Crippen molar-refractivity contribution < 1.29 is 24.2 Å². The fourth-order valence-corrected chi connectivity index (χ4v) is 8.69. The normalized spacial score (nSPS) is 51.4. The Hall–Kier alpha value is -1.10. The molecule has 4 aliphatic carbocycles. The number of rotatable bonds is 2. The van der Waals surface area contributed by atoms with Crippen LogP contribution >= 0.6 is 0 Å². The van der Waals surface area contributed by atoms with Gasteiger partial charge in [-0.05, 0) is 87.4 Å². The van der Waals surface area contributed by atoms with Crippen LogP contribution in [0.4, 0.5) is 0 Å². The number of esters is 2. The Morgan fingerprint density at radius 2 is 1.59 bits per heavy atom. The van der Waals surface area contributed by atoms with Crippen molar-refractivity contribution in [3.8, 4) is 0 Å². The molecule has 29 heavy (non-hydrogen) atoms. The van der Waals surface area contributed by atoms with Crippen LogP contribution in [0.15, 0.2) is 0 Å². The highest BCUT2D eigenvalue weighted by Crippen LogP contribution is 2.69. The molecule has 0 aromatic heterocycles. The van der Waals surface area contributed by atoms with Crippen LogP contribution in [0, 0.1) is 34.5 Å². The Bertz CT molecular complexity index is 687. The highest BCUT2D eigenvalue weighted by molar-refractivity contribution is 5.66. The van der Waals surface area contributed by atoms with E-state index in [-0.39, 0.29) is 40.9 Å². The van der Waals surface area contributed by atoms with Crippen molar-refractivity contribution in [2.24, 2.45) is 34.5 Å². The minimum Gasteiger partial charge on any atom is -0.463 e. The smallest absolute Gasteiger partial charge is 0.302 e. The summed E-state index contributed by atoms with van der Waals surface area (Å²) >= 11 is 0. The quantitative estimate of drug-likeness (QED) is 0.694. The first-order valence-electron chi connectivity index (χ1n) is 11.5. The summed E-state index contributed by atoms with van der Waals surface area (Å²) in [7, 11) is 0. The van der Waals surface area contributed by atoms with Crippen molar-refractivity contribution in [3.63, 3.8) is 0 Å². The number of hydrogen-bond acceptors (Lipinski definition) is 5. The van der Waals surface area contributed by atoms with E-state index < -0.39 is 5.60 Å². The van der Waals surface area contributed by atoms with E-state index in [9.17, 15) is 14.7 Å². The van der Waals surface area contributed by atoms with Crippen molar-refractivity contribution in [2.45, 2.75) is 104 Å². The molecule has 5 heteroatoms. The number of carbonyl (C=O) groups excluding carboxylic acids is 2. The topological polar surface area (TPSA) is 72.8 Å². The second-order valence-corrected chi connectivity index (χ2v) is 11.2. The molecule has 1 N–H and O–H groups in total. The van der Waals surface area contributed by atoms with Gasteiger partial charge in [0.15, 0.2) is 0 Å². The number of hydrogen-bond donors (Lipinski definition) is 1. The Balaban J connectivity index is 1.61. The van der Waals surface area contributed by atoms with Crippen LogP contribution in [0.3, 0.4) is 0 Å². The van der Waals surface area contributed by atoms with Crippen LogP contribution in [0.2, 0.25) is 0 Å². The van der Waals surface area contributed by atoms with Gasteiger partial charge in [-0.15, -0.1) is 0 Å². The summed E-state index contributed by atoms with van der Waals surface area (Å²) in [5, 5.41) is 11.8. The predicted molar refractivity (Wildman–Crippen MR) is 109 cm³/mol. The highest BCUT2D eigenvalue weighted by atomic mass is 16.5. The molecule has 4 aliphatic rings. The van der Waals surface area contributed by atoms with Gasteiger partial charge in [-0.2, -0.15) is 0 Å². The summed E-state index contributed by atoms with van der Waals surface area (Å²) in [6.07, 6.45) is 7.71. The molecule has 0 saturated heterocycles. The summed E-state index contributed by atoms with van der Waals surface area (Å²) in [6, 6.07) is 0. The molecule has 0 aliphatic heterocycles. The molecule has 0 aromatic carbocycles. The van der Waals surface area contributed by atoms with Gasteiger partial charge in [0, 0.05) is 19.3 Å². The van der Waals surface area contributed by atoms with E-state index in [0.29, 0.717) is 24.2 Å². The molecule has 4 fully saturated rings. The number of carbonyl (C=O) groups is 2. The largest absolute Gasteiger partial charge is 0.463 e. The van der Waals surface area contributed by atoms with Gasteiger partial charge >= 0.3 is 11.9 Å². The third kappa shape index (κ3) is 3.32. The summed E-state index contributed by atoms with van der Waals surface area (Å²) in [6.45, 7) is 9.65. The van der Waals surface area contributed by atoms with Crippen molar-refractivity contribution in [2.75, 3.05) is 0 Å². The summed E-state index contributed by atoms with van der Waals surface area (Å²) < 4.78 is 11.3. The van der Waals surface area contributed by atoms with Gasteiger partial charge < -0.3 is 14.6 Å². The van der Waals surface area contributed by atoms with Gasteiger partial charge in [-0.3, -0.25) is 9.59 Å². The van der Waals surface area contributed by atoms with Gasteiger partial charge in [0.2, 0.25) is 0 Å². The molecule has 0 radical (unpaired) electrons. The monoisotopic (exact) mass is 406 g/mol. The maximum atomic E-state index is 11.8. The standard InChI is InChI=1S/C24H38O5/c1-14(25)28-17-10-11-22(3)16(12-17)6-7-18-19-8-9-20(29-15(2)26)23(19,4)13-24(5,27)21(18)22/h16-21,27H,6-13H2,1-5H3/t16-,17-,18-,19-,20-,21-,22-,23-,24-/m0/s1. The molecular weight excluding hydrogens is 368 g/mol. The summed E-state index contributed by atoms with van der Waals surface area (Å²) in [4.78, 5) is 23.1. The van der Waals surface area contributed by atoms with E-state index >= 15 is 0 Å². The minimum atomic E-state index is -0.777. The number of aliphatic hydroxyl groups is 1. The molecule has 0 unspecified atom stereocenters. The molecule has 9 atom stereocenters. The van der Waals surface area contributed by atoms with Gasteiger partial charge in [-0.25, -0.2) is 0 Å². The zero-order chi connectivity index (χ0) is 21.2. The molecule has 4 saturated carbocycles. The molecule has 0 aromatic rings. The van der Waals surface area contributed by atoms with Crippen molar-refractivity contribution in [1.82, 2.24) is 0 Å². The Morgan fingerprint density at radius 3 is 2.24 bits per heavy atom. The predicted octanol–water partition coefficient (Wildman–Crippen LogP) is 4.25. The average Bonchev–Trinajstić information content (AvgIpc) is 2.88. The SMILES string of the molecule is CC(=O)O[C@H]1CC[C@@]2(C)[C@@H](CC[C@H]3[C@@H]4CC[C@H](OC(C)=O)[C@@]4(C)C[C@](C)(O)[C@@H]32)C1. The van der Waals surface area contributed by atoms with Crippen LogP contribution in [-0.2, 0) is 19.1 Å². The second kappa shape index (κ2) is 6.96. The maximum absolute atomic E-state index is 11.8. The Labute approximate surface area is 174 Å². The van der Waals surface area contributed by atoms with Crippen molar-refractivity contribution >= 4 is 11.9 Å². The van der Waals surface area contributed by atoms with Crippen LogP contribution < -0.4 is 0 Å². The third-order valence-electron chi connectivity index (χ3n) is 9.36. The zero-order valence-electron chi connectivity index (χ0n) is 18.7. The lowest BCUT2D eigenvalue weighted by Gasteiger charge is -2.65. The van der Waals surface area contributed by atoms with Crippen LogP contribution in [0.1, 0.15) is 86.0 Å². The fraction of sp³-hybridized carbons (Fsp3) is 0.917. The first-order chi connectivity index (χ1) is 13.5. The highest BCUT2D eigenvalue weighted by Gasteiger charge is 2.67. The number of fused-ring (bicyclic) bond motifs is 5. The minimum absolute atomic E-state index is 0.0285. The molecule has 0 bridgehead atoms. The average molecular weight is 407 g/mol. The molecule has 164 valence electrons. The van der Waals surface area contributed by atoms with Crippen molar-refractivity contribution in [3.05, 3.63) is 0 Å². The lowest BCUT2D eigenvalue weighted by molar-refractivity contribution is -0.228. The molecule has 5 nitrogen and oxygen atoms in total. The van der Waals surface area contributed by atoms with E-state index in [0.717, 1.165) is 44.9 Å². The van der Waals surface area contributed by atoms with E-state index in [1.165, 1.54) is 13.8 Å². The van der Waals surface area contributed by atoms with Crippen LogP contribution in [0.25, 0.3) is 0 Å². The lowest BCUT2D eigenvalue weighted by atomic mass is 9.41. The number of ether oxygens (including phenoxy) is 2. The first-order valence-corrected chi connectivity index (χ1v) is 11.5. The van der Waals surface area contributed by atoms with Crippen molar-refractivity contribution in [1.29, 1.82) is 0 Å². The fourth-order valence-electron chi connectivity index (χ4n) is 8.69. The van der Waals surface area contributed by atoms with E-state index in [2.05, 4.69) is 13.8 Å². The maximum Gasteiger partial charge on any atom is 0.302 e. The molecule has 4 rings (SSSR count). The molecule has 0 heterocycles. The van der Waals surface area contributed by atoms with E-state index in [4.69, 9.17) is 9.47 Å². The first kappa shape index (κ1) is 21.1. The van der Waals surface area contributed by atoms with Gasteiger partial charge in [0.1, 0.15) is 12.2 Å². The Morgan fingerprint density at radius 1 is 0.897 bits per heavy atom. The van der Waals surface area contributed by atoms with Gasteiger partial charge in [-0.1, -0.05) is 13.8 Å². The summed E-state index contributed by atoms with van der Waals surface area (Å²) in [5.74, 6) is 1.31. The second-order valence-electron chi connectivity index (χ2n) is 11.2. The van der Waals surface area contributed by atoms with E-state index in [1.54, 1.807) is 0 Å².